The van der Waals surface area contributed by atoms with Crippen molar-refractivity contribution in [3.05, 3.63) is 68.7 Å². The third-order valence-electron chi connectivity index (χ3n) is 2.95. The van der Waals surface area contributed by atoms with E-state index >= 15 is 0 Å². The highest BCUT2D eigenvalue weighted by Crippen LogP contribution is 2.31. The molecular formula is C14H11ClF2N2O2. The predicted molar refractivity (Wildman–Crippen MR) is 76.5 cm³/mol. The van der Waals surface area contributed by atoms with Gasteiger partial charge in [0.05, 0.1) is 11.0 Å². The Kier molecular flexibility index (Phi) is 4.37. The molecule has 7 heteroatoms. The SMILES string of the molecule is CC(Nc1ccc(Cl)cc1[N+](=O)[O-])c1cc(F)ccc1F. The van der Waals surface area contributed by atoms with Crippen LogP contribution in [-0.4, -0.2) is 4.92 Å². The Morgan fingerprint density at radius 3 is 2.62 bits per heavy atom. The summed E-state index contributed by atoms with van der Waals surface area (Å²) in [7, 11) is 0. The van der Waals surface area contributed by atoms with Crippen LogP contribution in [0.3, 0.4) is 0 Å². The molecule has 2 rings (SSSR count). The molecule has 1 N–H and O–H groups in total. The third kappa shape index (κ3) is 3.46. The van der Waals surface area contributed by atoms with Gasteiger partial charge in [-0.25, -0.2) is 8.78 Å². The molecule has 0 fully saturated rings. The molecule has 0 amide bonds. The average molecular weight is 313 g/mol. The van der Waals surface area contributed by atoms with Gasteiger partial charge in [0, 0.05) is 16.7 Å². The highest BCUT2D eigenvalue weighted by Gasteiger charge is 2.18. The number of anilines is 1. The first-order valence-electron chi connectivity index (χ1n) is 6.04. The minimum Gasteiger partial charge on any atom is -0.373 e. The summed E-state index contributed by atoms with van der Waals surface area (Å²) < 4.78 is 26.9. The Labute approximate surface area is 124 Å². The molecule has 2 aromatic rings. The second kappa shape index (κ2) is 6.05. The van der Waals surface area contributed by atoms with Gasteiger partial charge in [0.15, 0.2) is 0 Å². The lowest BCUT2D eigenvalue weighted by Crippen LogP contribution is -2.10. The molecule has 0 heterocycles. The highest BCUT2D eigenvalue weighted by molar-refractivity contribution is 6.30. The van der Waals surface area contributed by atoms with E-state index in [9.17, 15) is 18.9 Å². The van der Waals surface area contributed by atoms with Gasteiger partial charge in [-0.2, -0.15) is 0 Å². The third-order valence-corrected chi connectivity index (χ3v) is 3.19. The first-order valence-corrected chi connectivity index (χ1v) is 6.41. The van der Waals surface area contributed by atoms with Crippen molar-refractivity contribution >= 4 is 23.0 Å². The smallest absolute Gasteiger partial charge is 0.293 e. The molecule has 110 valence electrons. The first kappa shape index (κ1) is 15.2. The minimum absolute atomic E-state index is 0.0826. The van der Waals surface area contributed by atoms with Crippen LogP contribution in [-0.2, 0) is 0 Å². The van der Waals surface area contributed by atoms with E-state index < -0.39 is 22.6 Å². The van der Waals surface area contributed by atoms with Crippen LogP contribution in [0, 0.1) is 21.7 Å². The second-order valence-electron chi connectivity index (χ2n) is 4.45. The predicted octanol–water partition coefficient (Wildman–Crippen LogP) is 4.70. The molecule has 0 bridgehead atoms. The van der Waals surface area contributed by atoms with Crippen molar-refractivity contribution in [2.45, 2.75) is 13.0 Å². The molecule has 1 unspecified atom stereocenters. The van der Waals surface area contributed by atoms with E-state index in [2.05, 4.69) is 5.32 Å². The van der Waals surface area contributed by atoms with E-state index in [1.807, 2.05) is 0 Å². The molecule has 0 saturated heterocycles. The molecule has 0 aliphatic carbocycles. The molecule has 2 aromatic carbocycles. The Morgan fingerprint density at radius 2 is 1.95 bits per heavy atom. The van der Waals surface area contributed by atoms with Gasteiger partial charge in [-0.05, 0) is 37.3 Å². The van der Waals surface area contributed by atoms with E-state index in [4.69, 9.17) is 11.6 Å². The van der Waals surface area contributed by atoms with Crippen molar-refractivity contribution in [3.63, 3.8) is 0 Å². The van der Waals surface area contributed by atoms with Gasteiger partial charge < -0.3 is 5.32 Å². The summed E-state index contributed by atoms with van der Waals surface area (Å²) in [5, 5.41) is 14.0. The standard InChI is InChI=1S/C14H11ClF2N2O2/c1-8(11-7-10(16)3-4-12(11)17)18-13-5-2-9(15)6-14(13)19(20)21/h2-8,18H,1H3. The maximum Gasteiger partial charge on any atom is 0.293 e. The van der Waals surface area contributed by atoms with Crippen LogP contribution >= 0.6 is 11.6 Å². The number of nitro groups is 1. The number of hydrogen-bond acceptors (Lipinski definition) is 3. The van der Waals surface area contributed by atoms with Gasteiger partial charge in [0.1, 0.15) is 17.3 Å². The number of nitro benzene ring substituents is 1. The monoisotopic (exact) mass is 312 g/mol. The first-order chi connectivity index (χ1) is 9.88. The van der Waals surface area contributed by atoms with E-state index in [1.54, 1.807) is 6.92 Å². The maximum atomic E-state index is 13.7. The van der Waals surface area contributed by atoms with Crippen LogP contribution in [0.1, 0.15) is 18.5 Å². The fourth-order valence-electron chi connectivity index (χ4n) is 1.94. The second-order valence-corrected chi connectivity index (χ2v) is 4.89. The number of nitrogens with one attached hydrogen (secondary N) is 1. The van der Waals surface area contributed by atoms with E-state index in [-0.39, 0.29) is 22.0 Å². The summed E-state index contributed by atoms with van der Waals surface area (Å²) in [6, 6.07) is 6.52. The van der Waals surface area contributed by atoms with Crippen LogP contribution in [0.4, 0.5) is 20.2 Å². The molecule has 0 radical (unpaired) electrons. The largest absolute Gasteiger partial charge is 0.373 e. The molecule has 0 aromatic heterocycles. The number of hydrogen-bond donors (Lipinski definition) is 1. The lowest BCUT2D eigenvalue weighted by Gasteiger charge is -2.16. The Hall–Kier alpha value is -2.21. The Morgan fingerprint density at radius 1 is 1.24 bits per heavy atom. The van der Waals surface area contributed by atoms with Gasteiger partial charge in [-0.15, -0.1) is 0 Å². The maximum absolute atomic E-state index is 13.7. The lowest BCUT2D eigenvalue weighted by atomic mass is 10.1. The van der Waals surface area contributed by atoms with Crippen molar-refractivity contribution in [1.82, 2.24) is 0 Å². The Balaban J connectivity index is 2.33. The van der Waals surface area contributed by atoms with E-state index in [1.165, 1.54) is 18.2 Å². The summed E-state index contributed by atoms with van der Waals surface area (Å²) in [5.41, 5.74) is 0.0333. The van der Waals surface area contributed by atoms with Gasteiger partial charge in [-0.3, -0.25) is 10.1 Å². The number of halogens is 3. The van der Waals surface area contributed by atoms with E-state index in [0.29, 0.717) is 0 Å². The summed E-state index contributed by atoms with van der Waals surface area (Å²) in [6.07, 6.45) is 0. The molecular weight excluding hydrogens is 302 g/mol. The number of nitrogens with zero attached hydrogens (tertiary/aromatic N) is 1. The van der Waals surface area contributed by atoms with Gasteiger partial charge in [0.25, 0.3) is 5.69 Å². The fraction of sp³-hybridized carbons (Fsp3) is 0.143. The summed E-state index contributed by atoms with van der Waals surface area (Å²) in [5.74, 6) is -1.17. The zero-order valence-corrected chi connectivity index (χ0v) is 11.7. The molecule has 0 aliphatic heterocycles. The van der Waals surface area contributed by atoms with Gasteiger partial charge in [0.2, 0.25) is 0 Å². The van der Waals surface area contributed by atoms with Crippen LogP contribution in [0.25, 0.3) is 0 Å². The summed E-state index contributed by atoms with van der Waals surface area (Å²) >= 11 is 5.72. The van der Waals surface area contributed by atoms with Gasteiger partial charge in [-0.1, -0.05) is 11.6 Å². The van der Waals surface area contributed by atoms with Crippen molar-refractivity contribution in [2.75, 3.05) is 5.32 Å². The molecule has 4 nitrogen and oxygen atoms in total. The average Bonchev–Trinajstić information content (AvgIpc) is 2.43. The van der Waals surface area contributed by atoms with Crippen LogP contribution in [0.5, 0.6) is 0 Å². The normalized spacial score (nSPS) is 12.0. The van der Waals surface area contributed by atoms with Crippen molar-refractivity contribution in [1.29, 1.82) is 0 Å². The molecule has 0 aliphatic rings. The van der Waals surface area contributed by atoms with E-state index in [0.717, 1.165) is 18.2 Å². The van der Waals surface area contributed by atoms with Gasteiger partial charge >= 0.3 is 0 Å². The number of rotatable bonds is 4. The fourth-order valence-corrected chi connectivity index (χ4v) is 2.10. The summed E-state index contributed by atoms with van der Waals surface area (Å²) in [4.78, 5) is 10.4. The molecule has 1 atom stereocenters. The molecule has 21 heavy (non-hydrogen) atoms. The van der Waals surface area contributed by atoms with Crippen LogP contribution < -0.4 is 5.32 Å². The topological polar surface area (TPSA) is 55.2 Å². The number of benzene rings is 2. The molecule has 0 saturated carbocycles. The summed E-state index contributed by atoms with van der Waals surface area (Å²) in [6.45, 7) is 1.58. The zero-order valence-electron chi connectivity index (χ0n) is 10.9. The van der Waals surface area contributed by atoms with Crippen molar-refractivity contribution in [3.8, 4) is 0 Å². The van der Waals surface area contributed by atoms with Crippen molar-refractivity contribution in [2.24, 2.45) is 0 Å². The minimum atomic E-state index is -0.652. The zero-order chi connectivity index (χ0) is 15.6. The molecule has 0 spiro atoms. The lowest BCUT2D eigenvalue weighted by molar-refractivity contribution is -0.384. The van der Waals surface area contributed by atoms with Crippen LogP contribution in [0.15, 0.2) is 36.4 Å². The Bertz CT molecular complexity index is 695. The van der Waals surface area contributed by atoms with Crippen molar-refractivity contribution < 1.29 is 13.7 Å². The quantitative estimate of drug-likeness (QED) is 0.657. The van der Waals surface area contributed by atoms with Crippen LogP contribution in [0.2, 0.25) is 5.02 Å². The highest BCUT2D eigenvalue weighted by atomic mass is 35.5.